The fraction of sp³-hybridized carbons (Fsp3) is 0.600. The molecular formula is C20H29N2O5S-. The van der Waals surface area contributed by atoms with E-state index in [9.17, 15) is 23.1 Å². The zero-order chi connectivity index (χ0) is 20.9. The molecule has 0 bridgehead atoms. The number of rotatable bonds is 8. The van der Waals surface area contributed by atoms with Crippen LogP contribution in [0.4, 0.5) is 0 Å². The SMILES string of the molecule is Cc1ccc(S(=O)(=O)N[C@H](C(=O)NCC2CCC(C(=O)[O-])CC2)C(C)C)cc1. The van der Waals surface area contributed by atoms with Crippen molar-refractivity contribution in [2.45, 2.75) is 57.4 Å². The average Bonchev–Trinajstić information content (AvgIpc) is 2.64. The van der Waals surface area contributed by atoms with Crippen molar-refractivity contribution in [2.75, 3.05) is 6.54 Å². The Morgan fingerprint density at radius 1 is 1.11 bits per heavy atom. The number of aryl methyl sites for hydroxylation is 1. The third-order valence-corrected chi connectivity index (χ3v) is 6.76. The minimum Gasteiger partial charge on any atom is -0.550 e. The number of carbonyl (C=O) groups excluding carboxylic acids is 2. The lowest BCUT2D eigenvalue weighted by Gasteiger charge is -2.30. The monoisotopic (exact) mass is 409 g/mol. The van der Waals surface area contributed by atoms with E-state index in [1.165, 1.54) is 12.1 Å². The molecular weight excluding hydrogens is 380 g/mol. The van der Waals surface area contributed by atoms with Crippen molar-refractivity contribution in [3.8, 4) is 0 Å². The molecule has 7 nitrogen and oxygen atoms in total. The normalized spacial score (nSPS) is 21.3. The first-order valence-electron chi connectivity index (χ1n) is 9.67. The van der Waals surface area contributed by atoms with Gasteiger partial charge < -0.3 is 15.2 Å². The lowest BCUT2D eigenvalue weighted by Crippen LogP contribution is -2.50. The van der Waals surface area contributed by atoms with Crippen molar-refractivity contribution in [2.24, 2.45) is 17.8 Å². The Kier molecular flexibility index (Phi) is 7.60. The second kappa shape index (κ2) is 9.52. The molecule has 0 unspecified atom stereocenters. The average molecular weight is 410 g/mol. The second-order valence-electron chi connectivity index (χ2n) is 7.94. The van der Waals surface area contributed by atoms with Crippen molar-refractivity contribution in [1.29, 1.82) is 0 Å². The van der Waals surface area contributed by atoms with E-state index in [2.05, 4.69) is 10.0 Å². The van der Waals surface area contributed by atoms with Gasteiger partial charge in [-0.05, 0) is 62.5 Å². The molecule has 28 heavy (non-hydrogen) atoms. The van der Waals surface area contributed by atoms with Crippen molar-refractivity contribution < 1.29 is 23.1 Å². The summed E-state index contributed by atoms with van der Waals surface area (Å²) in [7, 11) is -3.81. The summed E-state index contributed by atoms with van der Waals surface area (Å²) in [5, 5.41) is 13.7. The van der Waals surface area contributed by atoms with E-state index in [1.54, 1.807) is 26.0 Å². The van der Waals surface area contributed by atoms with Gasteiger partial charge in [0.05, 0.1) is 4.90 Å². The van der Waals surface area contributed by atoms with Gasteiger partial charge in [-0.2, -0.15) is 4.72 Å². The Bertz CT molecular complexity index is 781. The standard InChI is InChI=1S/C20H30N2O5S/c1-13(2)18(22-28(26,27)17-10-4-14(3)5-11-17)19(23)21-12-15-6-8-16(9-7-15)20(24)25/h4-5,10-11,13,15-16,18,22H,6-9,12H2,1-3H3,(H,21,23)(H,24,25)/p-1/t15?,16?,18-/m0/s1. The molecule has 1 aromatic rings. The maximum absolute atomic E-state index is 12.6. The molecule has 156 valence electrons. The number of hydrogen-bond donors (Lipinski definition) is 2. The van der Waals surface area contributed by atoms with Crippen molar-refractivity contribution in [3.05, 3.63) is 29.8 Å². The molecule has 0 radical (unpaired) electrons. The molecule has 1 amide bonds. The predicted molar refractivity (Wildman–Crippen MR) is 104 cm³/mol. The molecule has 2 rings (SSSR count). The van der Waals surface area contributed by atoms with Crippen molar-refractivity contribution in [1.82, 2.24) is 10.0 Å². The summed E-state index contributed by atoms with van der Waals surface area (Å²) in [5.74, 6) is -1.81. The Balaban J connectivity index is 1.95. The predicted octanol–water partition coefficient (Wildman–Crippen LogP) is 0.970. The zero-order valence-corrected chi connectivity index (χ0v) is 17.4. The fourth-order valence-corrected chi connectivity index (χ4v) is 4.75. The number of amides is 1. The van der Waals surface area contributed by atoms with Crippen LogP contribution in [-0.4, -0.2) is 32.9 Å². The van der Waals surface area contributed by atoms with Gasteiger partial charge >= 0.3 is 0 Å². The van der Waals surface area contributed by atoms with E-state index in [0.717, 1.165) is 5.56 Å². The van der Waals surface area contributed by atoms with E-state index in [-0.39, 0.29) is 22.6 Å². The van der Waals surface area contributed by atoms with Crippen LogP contribution in [-0.2, 0) is 19.6 Å². The number of aliphatic carboxylic acids is 1. The topological polar surface area (TPSA) is 115 Å². The smallest absolute Gasteiger partial charge is 0.241 e. The first-order valence-corrected chi connectivity index (χ1v) is 11.2. The van der Waals surface area contributed by atoms with Gasteiger partial charge in [-0.1, -0.05) is 31.5 Å². The third kappa shape index (κ3) is 6.04. The van der Waals surface area contributed by atoms with Crippen LogP contribution in [0.2, 0.25) is 0 Å². The van der Waals surface area contributed by atoms with Gasteiger partial charge in [0.25, 0.3) is 0 Å². The number of hydrogen-bond acceptors (Lipinski definition) is 5. The van der Waals surface area contributed by atoms with Gasteiger partial charge in [0, 0.05) is 12.5 Å². The van der Waals surface area contributed by atoms with E-state index in [0.29, 0.717) is 32.2 Å². The largest absolute Gasteiger partial charge is 0.550 e. The van der Waals surface area contributed by atoms with Crippen LogP contribution >= 0.6 is 0 Å². The quantitative estimate of drug-likeness (QED) is 0.664. The fourth-order valence-electron chi connectivity index (χ4n) is 3.40. The Morgan fingerprint density at radius 2 is 1.68 bits per heavy atom. The van der Waals surface area contributed by atoms with Gasteiger partial charge in [0.1, 0.15) is 6.04 Å². The lowest BCUT2D eigenvalue weighted by molar-refractivity contribution is -0.312. The molecule has 0 spiro atoms. The Labute approximate surface area is 167 Å². The molecule has 0 saturated heterocycles. The molecule has 2 N–H and O–H groups in total. The molecule has 1 atom stereocenters. The summed E-state index contributed by atoms with van der Waals surface area (Å²) in [5.41, 5.74) is 0.950. The highest BCUT2D eigenvalue weighted by molar-refractivity contribution is 7.89. The summed E-state index contributed by atoms with van der Waals surface area (Å²) in [6.45, 7) is 5.85. The van der Waals surface area contributed by atoms with Gasteiger partial charge in [0.15, 0.2) is 0 Å². The summed E-state index contributed by atoms with van der Waals surface area (Å²) >= 11 is 0. The molecule has 1 aliphatic carbocycles. The number of benzene rings is 1. The molecule has 8 heteroatoms. The number of sulfonamides is 1. The van der Waals surface area contributed by atoms with Crippen LogP contribution in [0.25, 0.3) is 0 Å². The van der Waals surface area contributed by atoms with E-state index >= 15 is 0 Å². The second-order valence-corrected chi connectivity index (χ2v) is 9.65. The molecule has 1 aliphatic rings. The first-order chi connectivity index (χ1) is 13.1. The van der Waals surface area contributed by atoms with Crippen LogP contribution in [0.5, 0.6) is 0 Å². The van der Waals surface area contributed by atoms with Gasteiger partial charge in [-0.3, -0.25) is 4.79 Å². The van der Waals surface area contributed by atoms with Crippen LogP contribution in [0.1, 0.15) is 45.1 Å². The van der Waals surface area contributed by atoms with Gasteiger partial charge in [0.2, 0.25) is 15.9 Å². The van der Waals surface area contributed by atoms with Crippen molar-refractivity contribution in [3.63, 3.8) is 0 Å². The molecule has 0 heterocycles. The third-order valence-electron chi connectivity index (χ3n) is 5.31. The van der Waals surface area contributed by atoms with Gasteiger partial charge in [-0.15, -0.1) is 0 Å². The van der Waals surface area contributed by atoms with Crippen LogP contribution in [0, 0.1) is 24.7 Å². The van der Waals surface area contributed by atoms with E-state index < -0.39 is 28.0 Å². The summed E-state index contributed by atoms with van der Waals surface area (Å²) in [4.78, 5) is 23.7. The van der Waals surface area contributed by atoms with Gasteiger partial charge in [-0.25, -0.2) is 8.42 Å². The number of nitrogens with one attached hydrogen (secondary N) is 2. The molecule has 0 aliphatic heterocycles. The van der Waals surface area contributed by atoms with Crippen LogP contribution in [0.15, 0.2) is 29.2 Å². The van der Waals surface area contributed by atoms with Crippen LogP contribution in [0.3, 0.4) is 0 Å². The summed E-state index contributed by atoms with van der Waals surface area (Å²) in [6, 6.07) is 5.57. The minimum atomic E-state index is -3.81. The summed E-state index contributed by atoms with van der Waals surface area (Å²) < 4.78 is 27.7. The highest BCUT2D eigenvalue weighted by Crippen LogP contribution is 2.28. The molecule has 1 aromatic carbocycles. The highest BCUT2D eigenvalue weighted by Gasteiger charge is 2.29. The summed E-state index contributed by atoms with van der Waals surface area (Å²) in [6.07, 6.45) is 2.52. The minimum absolute atomic E-state index is 0.122. The number of carboxylic acids is 1. The molecule has 1 saturated carbocycles. The van der Waals surface area contributed by atoms with Crippen LogP contribution < -0.4 is 15.1 Å². The number of carboxylic acid groups (broad SMARTS) is 1. The van der Waals surface area contributed by atoms with Crippen molar-refractivity contribution >= 4 is 21.9 Å². The highest BCUT2D eigenvalue weighted by atomic mass is 32.2. The maximum atomic E-state index is 12.6. The lowest BCUT2D eigenvalue weighted by atomic mass is 9.82. The molecule has 1 fully saturated rings. The van der Waals surface area contributed by atoms with E-state index in [1.807, 2.05) is 6.92 Å². The number of carbonyl (C=O) groups is 2. The maximum Gasteiger partial charge on any atom is 0.241 e. The first kappa shape index (κ1) is 22.4. The Hall–Kier alpha value is -1.93. The van der Waals surface area contributed by atoms with E-state index in [4.69, 9.17) is 0 Å². The Morgan fingerprint density at radius 3 is 2.18 bits per heavy atom. The molecule has 0 aromatic heterocycles. The zero-order valence-electron chi connectivity index (χ0n) is 16.6.